The molecule has 7 aromatic carbocycles. The smallest absolute Gasteiger partial charge is 0.0626 e. The molecule has 11 aromatic rings. The number of nitrogens with zero attached hydrogens (tertiary/aromatic N) is 2. The Morgan fingerprint density at radius 1 is 0.300 bits per heavy atom. The van der Waals surface area contributed by atoms with Crippen LogP contribution in [-0.4, -0.2) is 8.80 Å². The summed E-state index contributed by atoms with van der Waals surface area (Å²) in [6.45, 7) is 0. The van der Waals surface area contributed by atoms with Crippen LogP contribution in [0.5, 0.6) is 0 Å². The highest BCUT2D eigenvalue weighted by molar-refractivity contribution is 6.36. The Balaban J connectivity index is 1.51. The summed E-state index contributed by atoms with van der Waals surface area (Å²) >= 11 is 0. The number of fused-ring (bicyclic) bond motifs is 16. The first kappa shape index (κ1) is 19.7. The quantitative estimate of drug-likeness (QED) is 0.194. The van der Waals surface area contributed by atoms with Crippen molar-refractivity contribution in [2.45, 2.75) is 0 Å². The van der Waals surface area contributed by atoms with Crippen molar-refractivity contribution in [3.8, 4) is 0 Å². The molecule has 4 aromatic heterocycles. The Bertz CT molecular complexity index is 2640. The van der Waals surface area contributed by atoms with E-state index in [-0.39, 0.29) is 0 Å². The van der Waals surface area contributed by atoms with Gasteiger partial charge < -0.3 is 8.80 Å². The first-order valence-corrected chi connectivity index (χ1v) is 14.0. The SMILES string of the molecule is c1ccc2c(c1)cc1c3ccccc3n3c4cc5c6c7ccccc7cc7c8ccccc8n(c5cc4c2c13)c76. The van der Waals surface area contributed by atoms with E-state index < -0.39 is 0 Å². The molecule has 0 aliphatic heterocycles. The Hall–Kier alpha value is -5.34. The Labute approximate surface area is 227 Å². The Morgan fingerprint density at radius 2 is 0.700 bits per heavy atom. The topological polar surface area (TPSA) is 8.82 Å². The van der Waals surface area contributed by atoms with Crippen LogP contribution in [0, 0.1) is 0 Å². The van der Waals surface area contributed by atoms with Gasteiger partial charge in [0.1, 0.15) is 0 Å². The number of hydrogen-bond acceptors (Lipinski definition) is 0. The minimum Gasteiger partial charge on any atom is -0.308 e. The van der Waals surface area contributed by atoms with Gasteiger partial charge in [0.2, 0.25) is 0 Å². The molecule has 2 nitrogen and oxygen atoms in total. The molecule has 4 heterocycles. The van der Waals surface area contributed by atoms with Crippen molar-refractivity contribution in [2.75, 3.05) is 0 Å². The molecule has 0 saturated heterocycles. The molecular formula is C38H20N2. The average molecular weight is 505 g/mol. The maximum Gasteiger partial charge on any atom is 0.0626 e. The van der Waals surface area contributed by atoms with Crippen LogP contribution < -0.4 is 0 Å². The van der Waals surface area contributed by atoms with Gasteiger partial charge in [-0.2, -0.15) is 0 Å². The zero-order valence-electron chi connectivity index (χ0n) is 21.4. The van der Waals surface area contributed by atoms with Crippen molar-refractivity contribution in [1.82, 2.24) is 8.80 Å². The lowest BCUT2D eigenvalue weighted by atomic mass is 9.98. The number of benzene rings is 7. The maximum atomic E-state index is 2.52. The fraction of sp³-hybridized carbons (Fsp3) is 0. The van der Waals surface area contributed by atoms with Crippen molar-refractivity contribution < 1.29 is 0 Å². The molecule has 11 rings (SSSR count). The predicted molar refractivity (Wildman–Crippen MR) is 171 cm³/mol. The molecule has 40 heavy (non-hydrogen) atoms. The van der Waals surface area contributed by atoms with Crippen LogP contribution in [-0.2, 0) is 0 Å². The van der Waals surface area contributed by atoms with Gasteiger partial charge in [0.15, 0.2) is 0 Å². The lowest BCUT2D eigenvalue weighted by Gasteiger charge is -2.04. The van der Waals surface area contributed by atoms with Crippen LogP contribution >= 0.6 is 0 Å². The van der Waals surface area contributed by atoms with Gasteiger partial charge in [-0.3, -0.25) is 0 Å². The van der Waals surface area contributed by atoms with Crippen LogP contribution in [0.3, 0.4) is 0 Å². The lowest BCUT2D eigenvalue weighted by Crippen LogP contribution is -1.83. The normalized spacial score (nSPS) is 13.0. The molecule has 0 bridgehead atoms. The van der Waals surface area contributed by atoms with E-state index in [0.29, 0.717) is 0 Å². The minimum absolute atomic E-state index is 1.28. The molecule has 0 N–H and O–H groups in total. The van der Waals surface area contributed by atoms with Crippen molar-refractivity contribution in [1.29, 1.82) is 0 Å². The molecule has 0 atom stereocenters. The fourth-order valence-corrected chi connectivity index (χ4v) is 7.98. The second-order valence-corrected chi connectivity index (χ2v) is 11.3. The van der Waals surface area contributed by atoms with E-state index in [1.165, 1.54) is 97.7 Å². The number of para-hydroxylation sites is 2. The van der Waals surface area contributed by atoms with Crippen molar-refractivity contribution in [3.63, 3.8) is 0 Å². The molecule has 2 heteroatoms. The fourth-order valence-electron chi connectivity index (χ4n) is 7.98. The van der Waals surface area contributed by atoms with Crippen LogP contribution in [0.25, 0.3) is 97.7 Å². The third kappa shape index (κ3) is 2.04. The third-order valence-corrected chi connectivity index (χ3v) is 9.50. The molecule has 182 valence electrons. The number of rotatable bonds is 0. The molecule has 0 radical (unpaired) electrons. The van der Waals surface area contributed by atoms with Gasteiger partial charge >= 0.3 is 0 Å². The second kappa shape index (κ2) is 6.44. The first-order valence-electron chi connectivity index (χ1n) is 14.0. The van der Waals surface area contributed by atoms with E-state index in [9.17, 15) is 0 Å². The standard InChI is InChI=1S/C38H20N2/c1-3-11-23-21(9-1)17-27-25-13-5-7-15-31(25)39-33-20-30-34(19-29(33)35(23)37(27)39)40-32-16-8-6-14-26(32)28-18-22-10-2-4-12-24(22)36(30)38(28)40/h1-20H. The summed E-state index contributed by atoms with van der Waals surface area (Å²) in [5.74, 6) is 0. The maximum absolute atomic E-state index is 2.52. The molecule has 0 spiro atoms. The zero-order chi connectivity index (χ0) is 25.7. The Morgan fingerprint density at radius 3 is 1.18 bits per heavy atom. The number of hydrogen-bond donors (Lipinski definition) is 0. The van der Waals surface area contributed by atoms with Gasteiger partial charge in [-0.25, -0.2) is 0 Å². The highest BCUT2D eigenvalue weighted by Gasteiger charge is 2.24. The van der Waals surface area contributed by atoms with Gasteiger partial charge in [-0.1, -0.05) is 84.9 Å². The minimum atomic E-state index is 1.28. The average Bonchev–Trinajstić information content (AvgIpc) is 3.72. The van der Waals surface area contributed by atoms with Gasteiger partial charge in [0.25, 0.3) is 0 Å². The summed E-state index contributed by atoms with van der Waals surface area (Å²) in [5.41, 5.74) is 7.79. The van der Waals surface area contributed by atoms with E-state index in [4.69, 9.17) is 0 Å². The van der Waals surface area contributed by atoms with Crippen molar-refractivity contribution in [3.05, 3.63) is 121 Å². The summed E-state index contributed by atoms with van der Waals surface area (Å²) < 4.78 is 5.05. The Kier molecular flexibility index (Phi) is 3.17. The van der Waals surface area contributed by atoms with Crippen LogP contribution in [0.4, 0.5) is 0 Å². The molecule has 0 unspecified atom stereocenters. The highest BCUT2D eigenvalue weighted by atomic mass is 14.9. The lowest BCUT2D eigenvalue weighted by molar-refractivity contribution is 1.36. The molecule has 0 amide bonds. The number of aromatic nitrogens is 2. The summed E-state index contributed by atoms with van der Waals surface area (Å²) in [6, 6.07) is 45.3. The zero-order valence-corrected chi connectivity index (χ0v) is 21.4. The highest BCUT2D eigenvalue weighted by Crippen LogP contribution is 2.47. The van der Waals surface area contributed by atoms with E-state index in [0.717, 1.165) is 0 Å². The van der Waals surface area contributed by atoms with Crippen LogP contribution in [0.15, 0.2) is 121 Å². The third-order valence-electron chi connectivity index (χ3n) is 9.50. The molecule has 0 aliphatic rings. The molecule has 0 saturated carbocycles. The first-order chi connectivity index (χ1) is 19.9. The van der Waals surface area contributed by atoms with Crippen LogP contribution in [0.1, 0.15) is 0 Å². The van der Waals surface area contributed by atoms with E-state index >= 15 is 0 Å². The predicted octanol–water partition coefficient (Wildman–Crippen LogP) is 10.3. The largest absolute Gasteiger partial charge is 0.308 e. The van der Waals surface area contributed by atoms with Gasteiger partial charge in [-0.05, 0) is 57.9 Å². The summed E-state index contributed by atoms with van der Waals surface area (Å²) in [4.78, 5) is 0. The monoisotopic (exact) mass is 504 g/mol. The van der Waals surface area contributed by atoms with E-state index in [2.05, 4.69) is 130 Å². The molecule has 0 aliphatic carbocycles. The second-order valence-electron chi connectivity index (χ2n) is 11.3. The molecule has 0 fully saturated rings. The van der Waals surface area contributed by atoms with E-state index in [1.807, 2.05) is 0 Å². The summed E-state index contributed by atoms with van der Waals surface area (Å²) in [6.07, 6.45) is 0. The van der Waals surface area contributed by atoms with Crippen LogP contribution in [0.2, 0.25) is 0 Å². The van der Waals surface area contributed by atoms with Gasteiger partial charge in [-0.15, -0.1) is 0 Å². The van der Waals surface area contributed by atoms with Gasteiger partial charge in [0, 0.05) is 43.1 Å². The molecular weight excluding hydrogens is 484 g/mol. The van der Waals surface area contributed by atoms with E-state index in [1.54, 1.807) is 0 Å². The summed E-state index contributed by atoms with van der Waals surface area (Å²) in [5, 5.41) is 15.9. The van der Waals surface area contributed by atoms with Crippen molar-refractivity contribution >= 4 is 97.7 Å². The van der Waals surface area contributed by atoms with Crippen molar-refractivity contribution in [2.24, 2.45) is 0 Å². The summed E-state index contributed by atoms with van der Waals surface area (Å²) in [7, 11) is 0. The van der Waals surface area contributed by atoms with Gasteiger partial charge in [0.05, 0.1) is 33.1 Å².